The Balaban J connectivity index is 2.87. The molecule has 0 aliphatic carbocycles. The van der Waals surface area contributed by atoms with Crippen LogP contribution in [0, 0.1) is 0 Å². The van der Waals surface area contributed by atoms with Crippen molar-refractivity contribution in [2.45, 2.75) is 39.3 Å². The van der Waals surface area contributed by atoms with Gasteiger partial charge in [-0.2, -0.15) is 0 Å². The molecule has 1 aromatic heterocycles. The Morgan fingerprint density at radius 2 is 2.12 bits per heavy atom. The molecule has 0 aromatic carbocycles. The predicted octanol–water partition coefficient (Wildman–Crippen LogP) is 1.15. The summed E-state index contributed by atoms with van der Waals surface area (Å²) < 4.78 is 6.43. The summed E-state index contributed by atoms with van der Waals surface area (Å²) in [6.07, 6.45) is 2.72. The molecule has 0 aliphatic rings. The fraction of sp³-hybridized carbons (Fsp3) is 0.545. The maximum atomic E-state index is 11.7. The second kappa shape index (κ2) is 4.47. The van der Waals surface area contributed by atoms with Gasteiger partial charge in [0, 0.05) is 12.3 Å². The van der Waals surface area contributed by atoms with Crippen molar-refractivity contribution in [3.8, 4) is 0 Å². The lowest BCUT2D eigenvalue weighted by atomic mass is 10.2. The molecule has 1 heterocycles. The predicted molar refractivity (Wildman–Crippen MR) is 59.1 cm³/mol. The molecule has 0 aliphatic heterocycles. The fourth-order valence-electron chi connectivity index (χ4n) is 1.15. The fourth-order valence-corrected chi connectivity index (χ4v) is 1.15. The van der Waals surface area contributed by atoms with Crippen molar-refractivity contribution in [3.05, 3.63) is 28.9 Å². The average Bonchev–Trinajstić information content (AvgIpc) is 2.15. The third-order valence-corrected chi connectivity index (χ3v) is 1.91. The summed E-state index contributed by atoms with van der Waals surface area (Å²) >= 11 is 0. The van der Waals surface area contributed by atoms with Gasteiger partial charge in [-0.3, -0.25) is 9.36 Å². The van der Waals surface area contributed by atoms with E-state index in [9.17, 15) is 9.59 Å². The molecule has 0 saturated heterocycles. The van der Waals surface area contributed by atoms with Gasteiger partial charge in [0.25, 0.3) is 5.56 Å². The highest BCUT2D eigenvalue weighted by atomic mass is 16.6. The van der Waals surface area contributed by atoms with E-state index < -0.39 is 17.6 Å². The SMILES string of the molecule is CC(C(=O)OC(C)(C)C)n1cnccc1=O. The minimum Gasteiger partial charge on any atom is -0.458 e. The van der Waals surface area contributed by atoms with Gasteiger partial charge in [-0.15, -0.1) is 0 Å². The van der Waals surface area contributed by atoms with E-state index >= 15 is 0 Å². The summed E-state index contributed by atoms with van der Waals surface area (Å²) in [4.78, 5) is 26.9. The Kier molecular flexibility index (Phi) is 3.47. The van der Waals surface area contributed by atoms with Crippen molar-refractivity contribution >= 4 is 5.97 Å². The van der Waals surface area contributed by atoms with Gasteiger partial charge in [-0.1, -0.05) is 0 Å². The second-order valence-corrected chi connectivity index (χ2v) is 4.54. The first-order valence-electron chi connectivity index (χ1n) is 5.06. The minimum atomic E-state index is -0.666. The number of ether oxygens (including phenoxy) is 1. The van der Waals surface area contributed by atoms with E-state index in [1.807, 2.05) is 0 Å². The largest absolute Gasteiger partial charge is 0.458 e. The van der Waals surface area contributed by atoms with Gasteiger partial charge in [0.2, 0.25) is 0 Å². The van der Waals surface area contributed by atoms with Gasteiger partial charge < -0.3 is 4.74 Å². The maximum Gasteiger partial charge on any atom is 0.329 e. The summed E-state index contributed by atoms with van der Waals surface area (Å²) in [5, 5.41) is 0. The highest BCUT2D eigenvalue weighted by Crippen LogP contribution is 2.12. The lowest BCUT2D eigenvalue weighted by Crippen LogP contribution is -2.33. The number of hydrogen-bond acceptors (Lipinski definition) is 4. The standard InChI is InChI=1S/C11H16N2O3/c1-8(10(15)16-11(2,3)4)13-7-12-6-5-9(13)14/h5-8H,1-4H3. The molecule has 0 spiro atoms. The molecule has 1 unspecified atom stereocenters. The summed E-state index contributed by atoms with van der Waals surface area (Å²) in [5.74, 6) is -0.442. The zero-order valence-electron chi connectivity index (χ0n) is 9.93. The third-order valence-electron chi connectivity index (χ3n) is 1.91. The number of hydrogen-bond donors (Lipinski definition) is 0. The summed E-state index contributed by atoms with van der Waals surface area (Å²) in [7, 11) is 0. The zero-order chi connectivity index (χ0) is 12.3. The number of carbonyl (C=O) groups is 1. The van der Waals surface area contributed by atoms with E-state index in [1.54, 1.807) is 27.7 Å². The highest BCUT2D eigenvalue weighted by Gasteiger charge is 2.23. The van der Waals surface area contributed by atoms with Crippen LogP contribution in [0.15, 0.2) is 23.4 Å². The summed E-state index contributed by atoms with van der Waals surface area (Å²) in [6, 6.07) is 0.640. The zero-order valence-corrected chi connectivity index (χ0v) is 9.93. The van der Waals surface area contributed by atoms with Gasteiger partial charge in [0.05, 0.1) is 6.33 Å². The van der Waals surface area contributed by atoms with Crippen molar-refractivity contribution in [2.24, 2.45) is 0 Å². The smallest absolute Gasteiger partial charge is 0.329 e. The Morgan fingerprint density at radius 1 is 1.50 bits per heavy atom. The van der Waals surface area contributed by atoms with Crippen LogP contribution in [0.5, 0.6) is 0 Å². The lowest BCUT2D eigenvalue weighted by Gasteiger charge is -2.22. The average molecular weight is 224 g/mol. The van der Waals surface area contributed by atoms with Gasteiger partial charge in [-0.05, 0) is 27.7 Å². The first-order valence-corrected chi connectivity index (χ1v) is 5.06. The minimum absolute atomic E-state index is 0.270. The number of carbonyl (C=O) groups excluding carboxylic acids is 1. The van der Waals surface area contributed by atoms with Crippen molar-refractivity contribution < 1.29 is 9.53 Å². The van der Waals surface area contributed by atoms with E-state index in [4.69, 9.17) is 4.74 Å². The first-order chi connectivity index (χ1) is 7.31. The van der Waals surface area contributed by atoms with E-state index in [0.717, 1.165) is 0 Å². The van der Waals surface area contributed by atoms with E-state index in [-0.39, 0.29) is 5.56 Å². The van der Waals surface area contributed by atoms with E-state index in [2.05, 4.69) is 4.98 Å². The van der Waals surface area contributed by atoms with E-state index in [1.165, 1.54) is 23.2 Å². The van der Waals surface area contributed by atoms with Crippen LogP contribution in [0.2, 0.25) is 0 Å². The van der Waals surface area contributed by atoms with Crippen LogP contribution in [0.3, 0.4) is 0 Å². The van der Waals surface area contributed by atoms with Crippen molar-refractivity contribution in [1.82, 2.24) is 9.55 Å². The molecule has 0 saturated carbocycles. The topological polar surface area (TPSA) is 61.2 Å². The van der Waals surface area contributed by atoms with Crippen LogP contribution in [0.25, 0.3) is 0 Å². The Hall–Kier alpha value is -1.65. The highest BCUT2D eigenvalue weighted by molar-refractivity contribution is 5.74. The molecule has 0 bridgehead atoms. The molecule has 0 amide bonds. The second-order valence-electron chi connectivity index (χ2n) is 4.54. The molecular formula is C11H16N2O3. The van der Waals surface area contributed by atoms with Crippen molar-refractivity contribution in [2.75, 3.05) is 0 Å². The molecular weight excluding hydrogens is 208 g/mol. The normalized spacial score (nSPS) is 13.2. The molecule has 0 radical (unpaired) electrons. The molecule has 88 valence electrons. The molecule has 0 N–H and O–H groups in total. The van der Waals surface area contributed by atoms with Crippen LogP contribution >= 0.6 is 0 Å². The molecule has 5 heteroatoms. The molecule has 0 fully saturated rings. The van der Waals surface area contributed by atoms with Gasteiger partial charge >= 0.3 is 5.97 Å². The first kappa shape index (κ1) is 12.4. The molecule has 1 rings (SSSR count). The number of esters is 1. The molecule has 16 heavy (non-hydrogen) atoms. The van der Waals surface area contributed by atoms with Crippen LogP contribution in [0.1, 0.15) is 33.7 Å². The van der Waals surface area contributed by atoms with Crippen LogP contribution in [-0.2, 0) is 9.53 Å². The van der Waals surface area contributed by atoms with Gasteiger partial charge in [-0.25, -0.2) is 9.78 Å². The Labute approximate surface area is 94.1 Å². The Morgan fingerprint density at radius 3 is 2.62 bits per heavy atom. The number of nitrogens with zero attached hydrogens (tertiary/aromatic N) is 2. The lowest BCUT2D eigenvalue weighted by molar-refractivity contribution is -0.158. The monoisotopic (exact) mass is 224 g/mol. The summed E-state index contributed by atoms with van der Waals surface area (Å²) in [5.41, 5.74) is -0.828. The number of aromatic nitrogens is 2. The van der Waals surface area contributed by atoms with Crippen molar-refractivity contribution in [3.63, 3.8) is 0 Å². The summed E-state index contributed by atoms with van der Waals surface area (Å²) in [6.45, 7) is 6.95. The van der Waals surface area contributed by atoms with Crippen molar-refractivity contribution in [1.29, 1.82) is 0 Å². The Bertz CT molecular complexity index is 431. The van der Waals surface area contributed by atoms with Crippen LogP contribution < -0.4 is 5.56 Å². The van der Waals surface area contributed by atoms with Crippen LogP contribution in [-0.4, -0.2) is 21.1 Å². The van der Waals surface area contributed by atoms with Gasteiger partial charge in [0.1, 0.15) is 11.6 Å². The number of rotatable bonds is 2. The van der Waals surface area contributed by atoms with Crippen LogP contribution in [0.4, 0.5) is 0 Å². The van der Waals surface area contributed by atoms with E-state index in [0.29, 0.717) is 0 Å². The molecule has 1 aromatic rings. The molecule has 5 nitrogen and oxygen atoms in total. The maximum absolute atomic E-state index is 11.7. The quantitative estimate of drug-likeness (QED) is 0.707. The third kappa shape index (κ3) is 3.18. The molecule has 1 atom stereocenters. The van der Waals surface area contributed by atoms with Gasteiger partial charge in [0.15, 0.2) is 0 Å².